The minimum atomic E-state index is 0.358. The van der Waals surface area contributed by atoms with Gasteiger partial charge in [0.05, 0.1) is 5.69 Å². The molecule has 98 valence electrons. The zero-order valence-corrected chi connectivity index (χ0v) is 12.6. The molecule has 0 saturated heterocycles. The SMILES string of the molecule is Cc1cc(Br)ccc1-n1nc(N(C)C)c(C#N)c1N. The van der Waals surface area contributed by atoms with Gasteiger partial charge in [0.2, 0.25) is 0 Å². The Hall–Kier alpha value is -2.00. The normalized spacial score (nSPS) is 10.3. The van der Waals surface area contributed by atoms with Crippen LogP contribution in [0.3, 0.4) is 0 Å². The van der Waals surface area contributed by atoms with Crippen LogP contribution in [-0.2, 0) is 0 Å². The van der Waals surface area contributed by atoms with Crippen molar-refractivity contribution in [2.45, 2.75) is 6.92 Å². The fraction of sp³-hybridized carbons (Fsp3) is 0.231. The van der Waals surface area contributed by atoms with E-state index in [1.54, 1.807) is 9.58 Å². The van der Waals surface area contributed by atoms with Crippen molar-refractivity contribution < 1.29 is 0 Å². The molecule has 5 nitrogen and oxygen atoms in total. The molecule has 0 spiro atoms. The average Bonchev–Trinajstić information content (AvgIpc) is 2.66. The van der Waals surface area contributed by atoms with Crippen LogP contribution in [0, 0.1) is 18.3 Å². The van der Waals surface area contributed by atoms with Gasteiger partial charge in [-0.1, -0.05) is 15.9 Å². The molecule has 2 rings (SSSR count). The molecular formula is C13H14BrN5. The van der Waals surface area contributed by atoms with E-state index in [-0.39, 0.29) is 0 Å². The first-order chi connectivity index (χ1) is 8.95. The first-order valence-corrected chi connectivity index (χ1v) is 6.47. The molecule has 0 bridgehead atoms. The maximum atomic E-state index is 9.20. The Kier molecular flexibility index (Phi) is 3.49. The third kappa shape index (κ3) is 2.29. The van der Waals surface area contributed by atoms with Crippen LogP contribution in [0.25, 0.3) is 5.69 Å². The predicted molar refractivity (Wildman–Crippen MR) is 79.5 cm³/mol. The summed E-state index contributed by atoms with van der Waals surface area (Å²) in [6, 6.07) is 7.93. The van der Waals surface area contributed by atoms with Crippen molar-refractivity contribution in [2.24, 2.45) is 0 Å². The van der Waals surface area contributed by atoms with E-state index in [9.17, 15) is 5.26 Å². The van der Waals surface area contributed by atoms with Crippen molar-refractivity contribution >= 4 is 27.6 Å². The highest BCUT2D eigenvalue weighted by Crippen LogP contribution is 2.28. The molecule has 2 aromatic rings. The number of hydrogen-bond donors (Lipinski definition) is 1. The van der Waals surface area contributed by atoms with Crippen LogP contribution in [0.1, 0.15) is 11.1 Å². The number of rotatable bonds is 2. The molecule has 0 fully saturated rings. The summed E-state index contributed by atoms with van der Waals surface area (Å²) in [5.41, 5.74) is 8.32. The zero-order valence-electron chi connectivity index (χ0n) is 11.0. The molecule has 1 aromatic heterocycles. The van der Waals surface area contributed by atoms with Crippen LogP contribution in [0.2, 0.25) is 0 Å². The van der Waals surface area contributed by atoms with Crippen LogP contribution in [0.15, 0.2) is 22.7 Å². The van der Waals surface area contributed by atoms with E-state index >= 15 is 0 Å². The summed E-state index contributed by atoms with van der Waals surface area (Å²) in [5.74, 6) is 0.930. The lowest BCUT2D eigenvalue weighted by atomic mass is 10.2. The van der Waals surface area contributed by atoms with Crippen LogP contribution in [0.5, 0.6) is 0 Å². The summed E-state index contributed by atoms with van der Waals surface area (Å²) in [6.07, 6.45) is 0. The Morgan fingerprint density at radius 2 is 2.11 bits per heavy atom. The lowest BCUT2D eigenvalue weighted by Gasteiger charge is -2.09. The molecule has 2 N–H and O–H groups in total. The molecule has 0 radical (unpaired) electrons. The van der Waals surface area contributed by atoms with Gasteiger partial charge in [-0.3, -0.25) is 0 Å². The zero-order chi connectivity index (χ0) is 14.2. The maximum absolute atomic E-state index is 9.20. The number of anilines is 2. The smallest absolute Gasteiger partial charge is 0.170 e. The molecule has 0 unspecified atom stereocenters. The highest BCUT2D eigenvalue weighted by Gasteiger charge is 2.18. The lowest BCUT2D eigenvalue weighted by molar-refractivity contribution is 0.868. The maximum Gasteiger partial charge on any atom is 0.170 e. The number of aryl methyl sites for hydroxylation is 1. The van der Waals surface area contributed by atoms with Crippen molar-refractivity contribution in [2.75, 3.05) is 24.7 Å². The standard InChI is InChI=1S/C13H14BrN5/c1-8-6-9(14)4-5-11(8)19-12(16)10(7-15)13(17-19)18(2)3/h4-6H,16H2,1-3H3. The first kappa shape index (κ1) is 13.4. The third-order valence-corrected chi connectivity index (χ3v) is 3.32. The number of nitriles is 1. The molecule has 0 atom stereocenters. The Bertz CT molecular complexity index is 666. The second kappa shape index (κ2) is 4.94. The molecule has 0 aliphatic rings. The van der Waals surface area contributed by atoms with Gasteiger partial charge in [0.25, 0.3) is 0 Å². The Morgan fingerprint density at radius 3 is 2.58 bits per heavy atom. The van der Waals surface area contributed by atoms with E-state index in [1.165, 1.54) is 0 Å². The Morgan fingerprint density at radius 1 is 1.42 bits per heavy atom. The fourth-order valence-corrected chi connectivity index (χ4v) is 2.36. The molecule has 0 amide bonds. The number of nitrogens with two attached hydrogens (primary N) is 1. The quantitative estimate of drug-likeness (QED) is 0.923. The fourth-order valence-electron chi connectivity index (χ4n) is 1.88. The van der Waals surface area contributed by atoms with Gasteiger partial charge in [-0.2, -0.15) is 5.26 Å². The minimum absolute atomic E-state index is 0.358. The second-order valence-electron chi connectivity index (χ2n) is 4.43. The average molecular weight is 320 g/mol. The summed E-state index contributed by atoms with van der Waals surface area (Å²) in [7, 11) is 3.67. The summed E-state index contributed by atoms with van der Waals surface area (Å²) in [5, 5.41) is 13.6. The summed E-state index contributed by atoms with van der Waals surface area (Å²) in [6.45, 7) is 1.97. The number of halogens is 1. The molecular weight excluding hydrogens is 306 g/mol. The van der Waals surface area contributed by atoms with E-state index in [0.29, 0.717) is 17.2 Å². The van der Waals surface area contributed by atoms with Gasteiger partial charge in [0.15, 0.2) is 5.82 Å². The van der Waals surface area contributed by atoms with Gasteiger partial charge in [-0.15, -0.1) is 5.10 Å². The number of benzene rings is 1. The van der Waals surface area contributed by atoms with Crippen molar-refractivity contribution in [1.82, 2.24) is 9.78 Å². The first-order valence-electron chi connectivity index (χ1n) is 5.68. The highest BCUT2D eigenvalue weighted by atomic mass is 79.9. The molecule has 1 heterocycles. The molecule has 0 aliphatic carbocycles. The van der Waals surface area contributed by atoms with Gasteiger partial charge in [0.1, 0.15) is 17.5 Å². The van der Waals surface area contributed by atoms with Crippen molar-refractivity contribution in [3.63, 3.8) is 0 Å². The third-order valence-electron chi connectivity index (χ3n) is 2.83. The van der Waals surface area contributed by atoms with E-state index in [2.05, 4.69) is 27.1 Å². The highest BCUT2D eigenvalue weighted by molar-refractivity contribution is 9.10. The molecule has 19 heavy (non-hydrogen) atoms. The molecule has 0 aliphatic heterocycles. The molecule has 6 heteroatoms. The number of nitrogens with zero attached hydrogens (tertiary/aromatic N) is 4. The van der Waals surface area contributed by atoms with Crippen LogP contribution in [0.4, 0.5) is 11.6 Å². The minimum Gasteiger partial charge on any atom is -0.382 e. The monoisotopic (exact) mass is 319 g/mol. The predicted octanol–water partition coefficient (Wildman–Crippen LogP) is 2.46. The van der Waals surface area contributed by atoms with Crippen molar-refractivity contribution in [1.29, 1.82) is 5.26 Å². The van der Waals surface area contributed by atoms with E-state index in [1.807, 2.05) is 39.2 Å². The number of hydrogen-bond acceptors (Lipinski definition) is 4. The van der Waals surface area contributed by atoms with E-state index in [4.69, 9.17) is 5.73 Å². The number of aromatic nitrogens is 2. The van der Waals surface area contributed by atoms with E-state index < -0.39 is 0 Å². The van der Waals surface area contributed by atoms with Crippen LogP contribution < -0.4 is 10.6 Å². The Labute approximate surface area is 120 Å². The van der Waals surface area contributed by atoms with E-state index in [0.717, 1.165) is 15.7 Å². The summed E-state index contributed by atoms with van der Waals surface area (Å²) in [4.78, 5) is 1.78. The number of nitrogen functional groups attached to an aromatic ring is 1. The van der Waals surface area contributed by atoms with Gasteiger partial charge >= 0.3 is 0 Å². The topological polar surface area (TPSA) is 70.9 Å². The van der Waals surface area contributed by atoms with Gasteiger partial charge in [0, 0.05) is 18.6 Å². The van der Waals surface area contributed by atoms with Crippen LogP contribution in [-0.4, -0.2) is 23.9 Å². The Balaban J connectivity index is 2.67. The van der Waals surface area contributed by atoms with Gasteiger partial charge < -0.3 is 10.6 Å². The summed E-state index contributed by atoms with van der Waals surface area (Å²) >= 11 is 3.42. The van der Waals surface area contributed by atoms with Crippen LogP contribution >= 0.6 is 15.9 Å². The molecule has 1 aromatic carbocycles. The largest absolute Gasteiger partial charge is 0.382 e. The molecule has 0 saturated carbocycles. The lowest BCUT2D eigenvalue weighted by Crippen LogP contribution is -2.11. The van der Waals surface area contributed by atoms with Crippen molar-refractivity contribution in [3.8, 4) is 11.8 Å². The van der Waals surface area contributed by atoms with Gasteiger partial charge in [-0.05, 0) is 30.7 Å². The second-order valence-corrected chi connectivity index (χ2v) is 5.35. The van der Waals surface area contributed by atoms with Gasteiger partial charge in [-0.25, -0.2) is 4.68 Å². The summed E-state index contributed by atoms with van der Waals surface area (Å²) < 4.78 is 2.60. The van der Waals surface area contributed by atoms with Crippen molar-refractivity contribution in [3.05, 3.63) is 33.8 Å².